The minimum absolute atomic E-state index is 1.23. The largest absolute Gasteiger partial charge is 0.264 e. The van der Waals surface area contributed by atoms with E-state index in [4.69, 9.17) is 0 Å². The molecule has 0 aliphatic heterocycles. The van der Waals surface area contributed by atoms with Crippen LogP contribution in [0.25, 0.3) is 0 Å². The molecule has 1 heteroatoms. The van der Waals surface area contributed by atoms with Crippen molar-refractivity contribution in [2.24, 2.45) is 0 Å². The monoisotopic (exact) mass is 151 g/mol. The number of aryl methyl sites for hydroxylation is 2. The third kappa shape index (κ3) is 5.59. The van der Waals surface area contributed by atoms with Crippen LogP contribution in [-0.4, -0.2) is 4.98 Å². The second kappa shape index (κ2) is 5.90. The van der Waals surface area contributed by atoms with Gasteiger partial charge in [0.05, 0.1) is 0 Å². The van der Waals surface area contributed by atoms with E-state index in [0.29, 0.717) is 0 Å². The van der Waals surface area contributed by atoms with E-state index in [2.05, 4.69) is 24.9 Å². The predicted molar refractivity (Wildman–Crippen MR) is 49.7 cm³/mol. The first-order valence-corrected chi connectivity index (χ1v) is 4.09. The van der Waals surface area contributed by atoms with Crippen molar-refractivity contribution in [3.05, 3.63) is 29.6 Å². The van der Waals surface area contributed by atoms with Gasteiger partial charge in [-0.05, 0) is 25.0 Å². The van der Waals surface area contributed by atoms with Crippen LogP contribution in [0.1, 0.15) is 31.4 Å². The molecule has 0 bridgehead atoms. The maximum atomic E-state index is 3.98. The van der Waals surface area contributed by atoms with Crippen molar-refractivity contribution < 1.29 is 0 Å². The van der Waals surface area contributed by atoms with E-state index >= 15 is 0 Å². The Labute approximate surface area is 69.5 Å². The van der Waals surface area contributed by atoms with Gasteiger partial charge in [-0.2, -0.15) is 0 Å². The van der Waals surface area contributed by atoms with Crippen LogP contribution in [-0.2, 0) is 0 Å². The van der Waals surface area contributed by atoms with Gasteiger partial charge in [0.15, 0.2) is 0 Å². The molecule has 0 aliphatic rings. The van der Waals surface area contributed by atoms with Gasteiger partial charge in [-0.25, -0.2) is 0 Å². The lowest BCUT2D eigenvalue weighted by molar-refractivity contribution is 1.09. The van der Waals surface area contributed by atoms with Crippen LogP contribution in [0.2, 0.25) is 0 Å². The quantitative estimate of drug-likeness (QED) is 0.555. The van der Waals surface area contributed by atoms with Gasteiger partial charge >= 0.3 is 0 Å². The molecule has 0 amide bonds. The number of hydrogen-bond acceptors (Lipinski definition) is 1. The molecule has 62 valence electrons. The molecule has 1 aromatic heterocycles. The zero-order valence-electron chi connectivity index (χ0n) is 7.89. The van der Waals surface area contributed by atoms with Gasteiger partial charge in [-0.3, -0.25) is 4.98 Å². The van der Waals surface area contributed by atoms with Gasteiger partial charge in [0.1, 0.15) is 0 Å². The number of aromatic nitrogens is 1. The van der Waals surface area contributed by atoms with E-state index in [1.165, 1.54) is 17.5 Å². The number of pyridine rings is 1. The lowest BCUT2D eigenvalue weighted by atomic mass is 10.2. The molecule has 0 saturated heterocycles. The molecule has 0 spiro atoms. The van der Waals surface area contributed by atoms with Crippen molar-refractivity contribution in [1.82, 2.24) is 4.98 Å². The van der Waals surface area contributed by atoms with E-state index in [0.717, 1.165) is 0 Å². The summed E-state index contributed by atoms with van der Waals surface area (Å²) in [6, 6.07) is 2.10. The van der Waals surface area contributed by atoms with Crippen LogP contribution < -0.4 is 0 Å². The van der Waals surface area contributed by atoms with Crippen molar-refractivity contribution in [1.29, 1.82) is 0 Å². The third-order valence-corrected chi connectivity index (χ3v) is 1.01. The van der Waals surface area contributed by atoms with E-state index in [1.807, 2.05) is 26.2 Å². The molecule has 0 aliphatic carbocycles. The van der Waals surface area contributed by atoms with Crippen molar-refractivity contribution in [2.45, 2.75) is 34.1 Å². The van der Waals surface area contributed by atoms with Crippen LogP contribution in [0.15, 0.2) is 18.5 Å². The molecule has 11 heavy (non-hydrogen) atoms. The number of nitrogens with zero attached hydrogens (tertiary/aromatic N) is 1. The minimum Gasteiger partial charge on any atom is -0.264 e. The molecule has 1 heterocycles. The fraction of sp³-hybridized carbons (Fsp3) is 0.500. The fourth-order valence-electron chi connectivity index (χ4n) is 0.706. The van der Waals surface area contributed by atoms with E-state index in [-0.39, 0.29) is 0 Å². The normalized spacial score (nSPS) is 8.36. The van der Waals surface area contributed by atoms with Crippen molar-refractivity contribution in [3.8, 4) is 0 Å². The zero-order chi connectivity index (χ0) is 8.69. The second-order valence-corrected chi connectivity index (χ2v) is 2.75. The smallest absolute Gasteiger partial charge is 0.0297 e. The summed E-state index contributed by atoms with van der Waals surface area (Å²) in [6.45, 7) is 8.33. The van der Waals surface area contributed by atoms with Crippen LogP contribution in [0, 0.1) is 13.8 Å². The maximum Gasteiger partial charge on any atom is 0.0297 e. The molecule has 0 unspecified atom stereocenters. The van der Waals surface area contributed by atoms with Gasteiger partial charge in [0.25, 0.3) is 0 Å². The Morgan fingerprint density at radius 3 is 1.64 bits per heavy atom. The Balaban J connectivity index is 0.000000292. The van der Waals surface area contributed by atoms with E-state index in [9.17, 15) is 0 Å². The number of hydrogen-bond donors (Lipinski definition) is 0. The lowest BCUT2D eigenvalue weighted by Gasteiger charge is -1.89. The van der Waals surface area contributed by atoms with Crippen molar-refractivity contribution >= 4 is 0 Å². The summed E-state index contributed by atoms with van der Waals surface area (Å²) in [5.74, 6) is 0. The Morgan fingerprint density at radius 2 is 1.45 bits per heavy atom. The maximum absolute atomic E-state index is 3.98. The van der Waals surface area contributed by atoms with Crippen LogP contribution in [0.5, 0.6) is 0 Å². The molecule has 0 fully saturated rings. The molecular weight excluding hydrogens is 134 g/mol. The lowest BCUT2D eigenvalue weighted by Crippen LogP contribution is -1.76. The van der Waals surface area contributed by atoms with Gasteiger partial charge in [0, 0.05) is 12.4 Å². The van der Waals surface area contributed by atoms with Crippen LogP contribution in [0.3, 0.4) is 0 Å². The summed E-state index contributed by atoms with van der Waals surface area (Å²) in [4.78, 5) is 3.98. The molecule has 0 saturated carbocycles. The van der Waals surface area contributed by atoms with E-state index in [1.54, 1.807) is 0 Å². The minimum atomic E-state index is 1.23. The van der Waals surface area contributed by atoms with Gasteiger partial charge in [-0.15, -0.1) is 0 Å². The highest BCUT2D eigenvalue weighted by Gasteiger charge is 1.81. The standard InChI is InChI=1S/C7H9N.C3H8/c1-6-3-7(2)5-8-4-6;1-3-2/h3-5H,1-2H3;3H2,1-2H3. The van der Waals surface area contributed by atoms with Gasteiger partial charge in [-0.1, -0.05) is 26.3 Å². The predicted octanol–water partition coefficient (Wildman–Crippen LogP) is 3.11. The fourth-order valence-corrected chi connectivity index (χ4v) is 0.706. The Bertz CT molecular complexity index is 177. The van der Waals surface area contributed by atoms with Crippen molar-refractivity contribution in [3.63, 3.8) is 0 Å². The highest BCUT2D eigenvalue weighted by Crippen LogP contribution is 1.96. The topological polar surface area (TPSA) is 12.9 Å². The average molecular weight is 151 g/mol. The first-order chi connectivity index (χ1) is 5.20. The molecular formula is C10H17N. The van der Waals surface area contributed by atoms with E-state index < -0.39 is 0 Å². The molecule has 1 nitrogen and oxygen atoms in total. The first kappa shape index (κ1) is 10.2. The average Bonchev–Trinajstić information content (AvgIpc) is 1.88. The third-order valence-electron chi connectivity index (χ3n) is 1.01. The molecule has 1 aromatic rings. The SMILES string of the molecule is CCC.Cc1cncc(C)c1. The summed E-state index contributed by atoms with van der Waals surface area (Å²) >= 11 is 0. The first-order valence-electron chi connectivity index (χ1n) is 4.09. The summed E-state index contributed by atoms with van der Waals surface area (Å²) in [5, 5.41) is 0. The van der Waals surface area contributed by atoms with Crippen LogP contribution >= 0.6 is 0 Å². The van der Waals surface area contributed by atoms with Crippen molar-refractivity contribution in [2.75, 3.05) is 0 Å². The van der Waals surface area contributed by atoms with Gasteiger partial charge in [0.2, 0.25) is 0 Å². The highest BCUT2D eigenvalue weighted by molar-refractivity contribution is 5.14. The summed E-state index contributed by atoms with van der Waals surface area (Å²) in [7, 11) is 0. The molecule has 0 aromatic carbocycles. The van der Waals surface area contributed by atoms with Crippen LogP contribution in [0.4, 0.5) is 0 Å². The zero-order valence-corrected chi connectivity index (χ0v) is 7.89. The summed E-state index contributed by atoms with van der Waals surface area (Å²) in [5.41, 5.74) is 2.45. The Morgan fingerprint density at radius 1 is 1.09 bits per heavy atom. The Kier molecular flexibility index (Phi) is 5.44. The summed E-state index contributed by atoms with van der Waals surface area (Å²) < 4.78 is 0. The Hall–Kier alpha value is -0.850. The molecule has 0 atom stereocenters. The summed E-state index contributed by atoms with van der Waals surface area (Å²) in [6.07, 6.45) is 4.96. The number of rotatable bonds is 0. The molecule has 0 N–H and O–H groups in total. The molecule has 1 rings (SSSR count). The second-order valence-electron chi connectivity index (χ2n) is 2.75. The highest BCUT2D eigenvalue weighted by atomic mass is 14.6. The van der Waals surface area contributed by atoms with Gasteiger partial charge < -0.3 is 0 Å². The molecule has 0 radical (unpaired) electrons.